The molecule has 0 aromatic carbocycles. The fraction of sp³-hybridized carbons (Fsp3) is 0.250. The molecule has 0 unspecified atom stereocenters. The molecule has 0 fully saturated rings. The maximum absolute atomic E-state index is 3.70. The Morgan fingerprint density at radius 1 is 1.00 bits per heavy atom. The van der Waals surface area contributed by atoms with Crippen LogP contribution in [0.4, 0.5) is 0 Å². The first-order chi connectivity index (χ1) is 8.10. The van der Waals surface area contributed by atoms with E-state index in [2.05, 4.69) is 31.0 Å². The van der Waals surface area contributed by atoms with Crippen molar-refractivity contribution in [3.8, 4) is 0 Å². The van der Waals surface area contributed by atoms with Gasteiger partial charge in [0.25, 0.3) is 0 Å². The molecule has 0 aromatic rings. The Hall–Kier alpha value is -1.76. The largest absolute Gasteiger partial charge is 0.365 e. The molecular weight excluding hydrogens is 206 g/mol. The van der Waals surface area contributed by atoms with E-state index in [1.807, 2.05) is 57.4 Å². The van der Waals surface area contributed by atoms with Crippen molar-refractivity contribution in [3.05, 3.63) is 72.2 Å². The second-order valence-corrected chi connectivity index (χ2v) is 3.88. The monoisotopic (exact) mass is 229 g/mol. The molecule has 0 aromatic heterocycles. The predicted molar refractivity (Wildman–Crippen MR) is 78.6 cm³/mol. The van der Waals surface area contributed by atoms with Crippen LogP contribution in [0.2, 0.25) is 0 Å². The smallest absolute Gasteiger partial charge is 0.0115 e. The lowest BCUT2D eigenvalue weighted by atomic mass is 10.2. The lowest BCUT2D eigenvalue weighted by molar-refractivity contribution is 1.06. The highest BCUT2D eigenvalue weighted by molar-refractivity contribution is 5.23. The van der Waals surface area contributed by atoms with E-state index in [4.69, 9.17) is 0 Å². The van der Waals surface area contributed by atoms with E-state index >= 15 is 0 Å². The van der Waals surface area contributed by atoms with Crippen LogP contribution >= 0.6 is 0 Å². The van der Waals surface area contributed by atoms with Gasteiger partial charge in [-0.2, -0.15) is 0 Å². The first kappa shape index (κ1) is 15.2. The van der Waals surface area contributed by atoms with E-state index in [1.54, 1.807) is 0 Å². The third kappa shape index (κ3) is 9.19. The fourth-order valence-electron chi connectivity index (χ4n) is 1.07. The summed E-state index contributed by atoms with van der Waals surface area (Å²) in [5.41, 5.74) is 3.48. The lowest BCUT2D eigenvalue weighted by Crippen LogP contribution is -1.99. The third-order valence-corrected chi connectivity index (χ3v) is 2.11. The van der Waals surface area contributed by atoms with Gasteiger partial charge in [0, 0.05) is 11.9 Å². The molecule has 92 valence electrons. The van der Waals surface area contributed by atoms with Gasteiger partial charge in [0.15, 0.2) is 0 Å². The van der Waals surface area contributed by atoms with Crippen LogP contribution in [-0.2, 0) is 0 Å². The molecule has 1 N–H and O–H groups in total. The number of nitrogens with one attached hydrogen (secondary N) is 1. The summed E-state index contributed by atoms with van der Waals surface area (Å²) in [6.45, 7) is 11.8. The van der Waals surface area contributed by atoms with E-state index in [0.29, 0.717) is 0 Å². The Balaban J connectivity index is 4.25. The van der Waals surface area contributed by atoms with Gasteiger partial charge in [-0.3, -0.25) is 0 Å². The first-order valence-corrected chi connectivity index (χ1v) is 5.80. The highest BCUT2D eigenvalue weighted by Crippen LogP contribution is 1.97. The molecule has 0 aliphatic carbocycles. The van der Waals surface area contributed by atoms with Crippen molar-refractivity contribution in [2.24, 2.45) is 0 Å². The maximum Gasteiger partial charge on any atom is 0.0115 e. The average molecular weight is 229 g/mol. The number of rotatable bonds is 6. The molecule has 1 nitrogen and oxygen atoms in total. The van der Waals surface area contributed by atoms with Crippen LogP contribution in [0, 0.1) is 0 Å². The number of hydrogen-bond donors (Lipinski definition) is 1. The highest BCUT2D eigenvalue weighted by atomic mass is 14.8. The number of hydrogen-bond acceptors (Lipinski definition) is 1. The summed E-state index contributed by atoms with van der Waals surface area (Å²) in [6.07, 6.45) is 16.0. The zero-order valence-electron chi connectivity index (χ0n) is 11.3. The van der Waals surface area contributed by atoms with Gasteiger partial charge in [0.1, 0.15) is 0 Å². The van der Waals surface area contributed by atoms with Gasteiger partial charge < -0.3 is 5.32 Å². The van der Waals surface area contributed by atoms with E-state index < -0.39 is 0 Å². The van der Waals surface area contributed by atoms with Crippen LogP contribution in [0.3, 0.4) is 0 Å². The molecule has 0 spiro atoms. The van der Waals surface area contributed by atoms with Crippen LogP contribution in [0.25, 0.3) is 0 Å². The maximum atomic E-state index is 3.70. The Morgan fingerprint density at radius 3 is 2.29 bits per heavy atom. The van der Waals surface area contributed by atoms with Gasteiger partial charge in [0.2, 0.25) is 0 Å². The highest BCUT2D eigenvalue weighted by Gasteiger charge is 1.81. The van der Waals surface area contributed by atoms with E-state index in [-0.39, 0.29) is 0 Å². The quantitative estimate of drug-likeness (QED) is 0.654. The minimum atomic E-state index is 1.10. The normalized spacial score (nSPS) is 14.7. The SMILES string of the molecule is C=C/C(C)=C\C=C(/C)N/C=C/C=C(C)\C=C/C. The molecule has 0 aliphatic rings. The van der Waals surface area contributed by atoms with Crippen molar-refractivity contribution in [2.45, 2.75) is 27.7 Å². The number of allylic oxidation sites excluding steroid dienone is 10. The molecule has 17 heavy (non-hydrogen) atoms. The zero-order chi connectivity index (χ0) is 13.1. The second kappa shape index (κ2) is 9.46. The van der Waals surface area contributed by atoms with Crippen LogP contribution in [-0.4, -0.2) is 0 Å². The first-order valence-electron chi connectivity index (χ1n) is 5.80. The molecule has 0 bridgehead atoms. The molecular formula is C16H23N. The van der Waals surface area contributed by atoms with Crippen molar-refractivity contribution in [3.63, 3.8) is 0 Å². The van der Waals surface area contributed by atoms with Gasteiger partial charge in [-0.05, 0) is 39.8 Å². The summed E-state index contributed by atoms with van der Waals surface area (Å²) in [5.74, 6) is 0. The van der Waals surface area contributed by atoms with Crippen molar-refractivity contribution < 1.29 is 0 Å². The van der Waals surface area contributed by atoms with Crippen LogP contribution in [0.15, 0.2) is 72.2 Å². The van der Waals surface area contributed by atoms with Crippen molar-refractivity contribution in [2.75, 3.05) is 0 Å². The predicted octanol–water partition coefficient (Wildman–Crippen LogP) is 4.65. The molecule has 0 aliphatic heterocycles. The summed E-state index contributed by atoms with van der Waals surface area (Å²) in [7, 11) is 0. The van der Waals surface area contributed by atoms with E-state index in [0.717, 1.165) is 11.3 Å². The van der Waals surface area contributed by atoms with Gasteiger partial charge >= 0.3 is 0 Å². The van der Waals surface area contributed by atoms with Crippen LogP contribution < -0.4 is 5.32 Å². The fourth-order valence-corrected chi connectivity index (χ4v) is 1.07. The van der Waals surface area contributed by atoms with Crippen molar-refractivity contribution in [1.29, 1.82) is 0 Å². The summed E-state index contributed by atoms with van der Waals surface area (Å²) in [5, 5.41) is 3.19. The van der Waals surface area contributed by atoms with Crippen LogP contribution in [0.1, 0.15) is 27.7 Å². The molecule has 0 amide bonds. The Morgan fingerprint density at radius 2 is 1.71 bits per heavy atom. The van der Waals surface area contributed by atoms with Crippen LogP contribution in [0.5, 0.6) is 0 Å². The van der Waals surface area contributed by atoms with Gasteiger partial charge in [0.05, 0.1) is 0 Å². The molecule has 1 heteroatoms. The minimum Gasteiger partial charge on any atom is -0.365 e. The summed E-state index contributed by atoms with van der Waals surface area (Å²) in [6, 6.07) is 0. The standard InChI is InChI=1S/C16H23N/c1-6-9-15(4)10-8-13-17-16(5)12-11-14(3)7-2/h6-13,17H,2H2,1,3-5H3/b9-6-,13-8+,14-11-,15-10-,16-12+. The lowest BCUT2D eigenvalue weighted by Gasteiger charge is -1.97. The topological polar surface area (TPSA) is 12.0 Å². The molecule has 0 heterocycles. The van der Waals surface area contributed by atoms with Crippen molar-refractivity contribution >= 4 is 0 Å². The molecule has 0 saturated heterocycles. The summed E-state index contributed by atoms with van der Waals surface area (Å²) in [4.78, 5) is 0. The Kier molecular flexibility index (Phi) is 8.48. The van der Waals surface area contributed by atoms with E-state index in [1.165, 1.54) is 5.57 Å². The van der Waals surface area contributed by atoms with Crippen molar-refractivity contribution in [1.82, 2.24) is 5.32 Å². The van der Waals surface area contributed by atoms with Gasteiger partial charge in [-0.15, -0.1) is 0 Å². The third-order valence-electron chi connectivity index (χ3n) is 2.11. The van der Waals surface area contributed by atoms with E-state index in [9.17, 15) is 0 Å². The summed E-state index contributed by atoms with van der Waals surface area (Å²) < 4.78 is 0. The molecule has 0 atom stereocenters. The molecule has 0 rings (SSSR count). The zero-order valence-corrected chi connectivity index (χ0v) is 11.3. The minimum absolute atomic E-state index is 1.10. The summed E-state index contributed by atoms with van der Waals surface area (Å²) >= 11 is 0. The Bertz CT molecular complexity index is 376. The molecule has 0 saturated carbocycles. The van der Waals surface area contributed by atoms with Gasteiger partial charge in [-0.25, -0.2) is 0 Å². The average Bonchev–Trinajstić information content (AvgIpc) is 2.32. The van der Waals surface area contributed by atoms with Gasteiger partial charge in [-0.1, -0.05) is 48.1 Å². The second-order valence-electron chi connectivity index (χ2n) is 3.88. The molecule has 0 radical (unpaired) electrons. The Labute approximate surface area is 106 Å².